The van der Waals surface area contributed by atoms with Crippen molar-refractivity contribution >= 4 is 22.6 Å². The van der Waals surface area contributed by atoms with Crippen LogP contribution in [0.3, 0.4) is 0 Å². The van der Waals surface area contributed by atoms with Gasteiger partial charge in [-0.25, -0.2) is 0 Å². The Morgan fingerprint density at radius 1 is 1.24 bits per heavy atom. The molecule has 0 bridgehead atoms. The molecule has 0 aromatic heterocycles. The van der Waals surface area contributed by atoms with Crippen molar-refractivity contribution in [2.24, 2.45) is 0 Å². The standard InChI is InChI=1S/C12H8IN3O/c13-11(3-4-14)10-7-9(8-16)1-2-12(10)17-6-5-15/h1-2,7,11H,3,6H2/t11-/m1/s1. The second kappa shape index (κ2) is 6.73. The second-order valence-corrected chi connectivity index (χ2v) is 4.64. The fourth-order valence-electron chi connectivity index (χ4n) is 1.29. The molecule has 5 heteroatoms. The van der Waals surface area contributed by atoms with Crippen LogP contribution in [0.5, 0.6) is 5.75 Å². The molecule has 0 amide bonds. The second-order valence-electron chi connectivity index (χ2n) is 3.14. The van der Waals surface area contributed by atoms with E-state index in [1.54, 1.807) is 18.2 Å². The van der Waals surface area contributed by atoms with Crippen molar-refractivity contribution in [3.8, 4) is 24.0 Å². The number of hydrogen-bond donors (Lipinski definition) is 0. The molecular weight excluding hydrogens is 329 g/mol. The number of ether oxygens (including phenoxy) is 1. The first-order valence-corrected chi connectivity index (χ1v) is 6.02. The van der Waals surface area contributed by atoms with Crippen LogP contribution in [0, 0.1) is 34.0 Å². The Bertz CT molecular complexity index is 522. The zero-order valence-electron chi connectivity index (χ0n) is 8.85. The van der Waals surface area contributed by atoms with Crippen molar-refractivity contribution in [1.82, 2.24) is 0 Å². The third-order valence-corrected chi connectivity index (χ3v) is 3.15. The van der Waals surface area contributed by atoms with Gasteiger partial charge in [-0.05, 0) is 18.2 Å². The highest BCUT2D eigenvalue weighted by Gasteiger charge is 2.14. The van der Waals surface area contributed by atoms with Gasteiger partial charge in [-0.15, -0.1) is 0 Å². The van der Waals surface area contributed by atoms with Crippen LogP contribution in [0.2, 0.25) is 0 Å². The molecule has 1 aromatic rings. The molecule has 0 N–H and O–H groups in total. The molecule has 1 atom stereocenters. The Kier molecular flexibility index (Phi) is 5.26. The molecule has 0 saturated carbocycles. The SMILES string of the molecule is N#CCOc1ccc(C#N)cc1[C@H](I)CC#N. The molecule has 0 aliphatic carbocycles. The van der Waals surface area contributed by atoms with Gasteiger partial charge in [0.15, 0.2) is 6.61 Å². The van der Waals surface area contributed by atoms with Gasteiger partial charge >= 0.3 is 0 Å². The fraction of sp³-hybridized carbons (Fsp3) is 0.250. The molecular formula is C12H8IN3O. The fourth-order valence-corrected chi connectivity index (χ4v) is 1.98. The van der Waals surface area contributed by atoms with Crippen LogP contribution in [-0.4, -0.2) is 6.61 Å². The van der Waals surface area contributed by atoms with Crippen molar-refractivity contribution in [3.63, 3.8) is 0 Å². The lowest BCUT2D eigenvalue weighted by molar-refractivity contribution is 0.364. The van der Waals surface area contributed by atoms with Gasteiger partial charge in [0, 0.05) is 5.56 Å². The van der Waals surface area contributed by atoms with E-state index < -0.39 is 0 Å². The van der Waals surface area contributed by atoms with Gasteiger partial charge in [0.25, 0.3) is 0 Å². The van der Waals surface area contributed by atoms with E-state index in [4.69, 9.17) is 20.5 Å². The van der Waals surface area contributed by atoms with Crippen LogP contribution in [0.1, 0.15) is 21.5 Å². The zero-order valence-corrected chi connectivity index (χ0v) is 11.0. The number of benzene rings is 1. The third kappa shape index (κ3) is 3.62. The molecule has 1 rings (SSSR count). The van der Waals surface area contributed by atoms with Gasteiger partial charge in [0.2, 0.25) is 0 Å². The molecule has 1 aromatic carbocycles. The minimum absolute atomic E-state index is 0.0468. The lowest BCUT2D eigenvalue weighted by atomic mass is 10.1. The van der Waals surface area contributed by atoms with E-state index in [0.717, 1.165) is 5.56 Å². The van der Waals surface area contributed by atoms with E-state index >= 15 is 0 Å². The monoisotopic (exact) mass is 337 g/mol. The average molecular weight is 337 g/mol. The summed E-state index contributed by atoms with van der Waals surface area (Å²) in [5.74, 6) is 0.556. The van der Waals surface area contributed by atoms with E-state index in [2.05, 4.69) is 28.7 Å². The predicted molar refractivity (Wildman–Crippen MR) is 69.3 cm³/mol. The molecule has 0 saturated heterocycles. The summed E-state index contributed by atoms with van der Waals surface area (Å²) < 4.78 is 5.21. The number of nitriles is 3. The molecule has 0 fully saturated rings. The van der Waals surface area contributed by atoms with Crippen LogP contribution in [0.4, 0.5) is 0 Å². The van der Waals surface area contributed by atoms with Gasteiger partial charge in [-0.1, -0.05) is 22.6 Å². The van der Waals surface area contributed by atoms with Crippen molar-refractivity contribution < 1.29 is 4.74 Å². The quantitative estimate of drug-likeness (QED) is 0.625. The summed E-state index contributed by atoms with van der Waals surface area (Å²) >= 11 is 2.12. The van der Waals surface area contributed by atoms with Crippen molar-refractivity contribution in [2.45, 2.75) is 10.3 Å². The highest BCUT2D eigenvalue weighted by atomic mass is 127. The lowest BCUT2D eigenvalue weighted by Gasteiger charge is -2.12. The van der Waals surface area contributed by atoms with Crippen molar-refractivity contribution in [2.75, 3.05) is 6.61 Å². The third-order valence-electron chi connectivity index (χ3n) is 2.04. The molecule has 0 aliphatic rings. The number of rotatable bonds is 4. The Morgan fingerprint density at radius 2 is 2.00 bits per heavy atom. The molecule has 0 heterocycles. The Morgan fingerprint density at radius 3 is 2.59 bits per heavy atom. The maximum Gasteiger partial charge on any atom is 0.174 e. The molecule has 0 aliphatic heterocycles. The van der Waals surface area contributed by atoms with E-state index in [-0.39, 0.29) is 10.5 Å². The van der Waals surface area contributed by atoms with Crippen LogP contribution in [0.25, 0.3) is 0 Å². The summed E-state index contributed by atoms with van der Waals surface area (Å²) in [7, 11) is 0. The zero-order chi connectivity index (χ0) is 12.7. The average Bonchev–Trinajstić information content (AvgIpc) is 2.36. The minimum atomic E-state index is -0.0559. The van der Waals surface area contributed by atoms with Crippen molar-refractivity contribution in [1.29, 1.82) is 15.8 Å². The van der Waals surface area contributed by atoms with E-state index in [9.17, 15) is 0 Å². The van der Waals surface area contributed by atoms with E-state index in [0.29, 0.717) is 17.7 Å². The molecule has 0 unspecified atom stereocenters. The summed E-state index contributed by atoms with van der Waals surface area (Å²) in [4.78, 5) is 0. The molecule has 17 heavy (non-hydrogen) atoms. The predicted octanol–water partition coefficient (Wildman–Crippen LogP) is 2.85. The summed E-state index contributed by atoms with van der Waals surface area (Å²) in [5.41, 5.74) is 1.30. The number of nitrogens with zero attached hydrogens (tertiary/aromatic N) is 3. The highest BCUT2D eigenvalue weighted by molar-refractivity contribution is 14.1. The largest absolute Gasteiger partial charge is 0.478 e. The normalized spacial score (nSPS) is 10.7. The molecule has 0 spiro atoms. The Hall–Kier alpha value is -1.78. The highest BCUT2D eigenvalue weighted by Crippen LogP contribution is 2.34. The van der Waals surface area contributed by atoms with Gasteiger partial charge in [-0.3, -0.25) is 0 Å². The number of halogens is 1. The van der Waals surface area contributed by atoms with Gasteiger partial charge in [0.05, 0.1) is 28.0 Å². The van der Waals surface area contributed by atoms with Crippen molar-refractivity contribution in [3.05, 3.63) is 29.3 Å². The van der Waals surface area contributed by atoms with Crippen LogP contribution in [0.15, 0.2) is 18.2 Å². The van der Waals surface area contributed by atoms with Gasteiger partial charge < -0.3 is 4.74 Å². The smallest absolute Gasteiger partial charge is 0.174 e. The minimum Gasteiger partial charge on any atom is -0.478 e. The number of alkyl halides is 1. The first-order chi connectivity index (χ1) is 8.22. The first-order valence-electron chi connectivity index (χ1n) is 4.77. The first kappa shape index (κ1) is 13.3. The summed E-state index contributed by atoms with van der Waals surface area (Å²) in [5, 5.41) is 26.0. The summed E-state index contributed by atoms with van der Waals surface area (Å²) in [6, 6.07) is 11.0. The molecule has 0 radical (unpaired) electrons. The van der Waals surface area contributed by atoms with E-state index in [1.165, 1.54) is 0 Å². The Balaban J connectivity index is 3.09. The summed E-state index contributed by atoms with van der Waals surface area (Å²) in [6.45, 7) is -0.0468. The molecule has 84 valence electrons. The maximum atomic E-state index is 8.83. The maximum absolute atomic E-state index is 8.83. The summed E-state index contributed by atoms with van der Waals surface area (Å²) in [6.07, 6.45) is 0.332. The number of hydrogen-bond acceptors (Lipinski definition) is 4. The van der Waals surface area contributed by atoms with Crippen LogP contribution < -0.4 is 4.74 Å². The van der Waals surface area contributed by atoms with Crippen LogP contribution in [-0.2, 0) is 0 Å². The van der Waals surface area contributed by atoms with Gasteiger partial charge in [0.1, 0.15) is 11.8 Å². The van der Waals surface area contributed by atoms with E-state index in [1.807, 2.05) is 12.1 Å². The Labute approximate surface area is 113 Å². The van der Waals surface area contributed by atoms with Gasteiger partial charge in [-0.2, -0.15) is 15.8 Å². The molecule has 4 nitrogen and oxygen atoms in total. The topological polar surface area (TPSA) is 80.6 Å². The van der Waals surface area contributed by atoms with Crippen LogP contribution >= 0.6 is 22.6 Å². The lowest BCUT2D eigenvalue weighted by Crippen LogP contribution is -2.00.